The molecule has 2 aliphatic rings. The number of allylic oxidation sites excluding steroid dienone is 1. The van der Waals surface area contributed by atoms with Crippen molar-refractivity contribution in [1.29, 1.82) is 0 Å². The standard InChI is InChI=1S/C32H27NO2S/c1-23-22-32(26-17-9-4-10-18-26)33(27-19-11-12-20-29(27)36-23)31(34)30(25-15-7-3-8-16-25)28(35-32)21-24-13-5-2-6-14-24/h2-20,23H,21-22H2,1H3/t23-,32+/m0/s1. The van der Waals surface area contributed by atoms with E-state index in [4.69, 9.17) is 4.74 Å². The van der Waals surface area contributed by atoms with Gasteiger partial charge in [0.05, 0.1) is 11.3 Å². The summed E-state index contributed by atoms with van der Waals surface area (Å²) in [5, 5.41) is 0.236. The smallest absolute Gasteiger partial charge is 0.265 e. The van der Waals surface area contributed by atoms with Gasteiger partial charge in [0, 0.05) is 28.6 Å². The van der Waals surface area contributed by atoms with E-state index in [0.717, 1.165) is 27.3 Å². The van der Waals surface area contributed by atoms with E-state index in [0.29, 0.717) is 24.2 Å². The second-order valence-corrected chi connectivity index (χ2v) is 10.8. The van der Waals surface area contributed by atoms with Crippen LogP contribution in [0.25, 0.3) is 5.57 Å². The fraction of sp³-hybridized carbons (Fsp3) is 0.156. The van der Waals surface area contributed by atoms with E-state index < -0.39 is 5.72 Å². The molecule has 0 N–H and O–H groups in total. The number of benzene rings is 4. The van der Waals surface area contributed by atoms with Crippen LogP contribution in [0.1, 0.15) is 30.0 Å². The van der Waals surface area contributed by atoms with Crippen molar-refractivity contribution in [1.82, 2.24) is 0 Å². The van der Waals surface area contributed by atoms with Gasteiger partial charge in [-0.2, -0.15) is 0 Å². The average Bonchev–Trinajstić information content (AvgIpc) is 3.04. The van der Waals surface area contributed by atoms with Crippen molar-refractivity contribution in [2.75, 3.05) is 4.90 Å². The van der Waals surface area contributed by atoms with Crippen molar-refractivity contribution in [2.45, 2.75) is 35.6 Å². The number of hydrogen-bond acceptors (Lipinski definition) is 3. The van der Waals surface area contributed by atoms with Gasteiger partial charge in [-0.05, 0) is 23.3 Å². The van der Waals surface area contributed by atoms with Crippen molar-refractivity contribution in [3.63, 3.8) is 0 Å². The molecule has 4 aromatic rings. The Labute approximate surface area is 216 Å². The van der Waals surface area contributed by atoms with Crippen LogP contribution in [-0.4, -0.2) is 11.2 Å². The Morgan fingerprint density at radius 3 is 2.17 bits per heavy atom. The van der Waals surface area contributed by atoms with E-state index in [1.807, 2.05) is 89.8 Å². The first-order chi connectivity index (χ1) is 17.7. The highest BCUT2D eigenvalue weighted by Gasteiger charge is 2.53. The molecule has 3 nitrogen and oxygen atoms in total. The molecule has 6 rings (SSSR count). The maximum Gasteiger partial charge on any atom is 0.265 e. The summed E-state index contributed by atoms with van der Waals surface area (Å²) >= 11 is 1.80. The van der Waals surface area contributed by atoms with Gasteiger partial charge in [-0.3, -0.25) is 9.69 Å². The summed E-state index contributed by atoms with van der Waals surface area (Å²) in [6.07, 6.45) is 1.21. The highest BCUT2D eigenvalue weighted by Crippen LogP contribution is 2.53. The van der Waals surface area contributed by atoms with Gasteiger partial charge < -0.3 is 4.74 Å². The lowest BCUT2D eigenvalue weighted by Gasteiger charge is -2.48. The molecule has 36 heavy (non-hydrogen) atoms. The zero-order chi connectivity index (χ0) is 24.5. The molecular weight excluding hydrogens is 462 g/mol. The highest BCUT2D eigenvalue weighted by atomic mass is 32.2. The molecule has 0 aromatic heterocycles. The number of rotatable bonds is 4. The first-order valence-electron chi connectivity index (χ1n) is 12.3. The molecule has 0 radical (unpaired) electrons. The Morgan fingerprint density at radius 1 is 0.833 bits per heavy atom. The molecule has 2 aliphatic heterocycles. The van der Waals surface area contributed by atoms with Crippen LogP contribution in [-0.2, 0) is 21.7 Å². The number of thioether (sulfide) groups is 1. The SMILES string of the molecule is C[C@H]1C[C@]2(c3ccccc3)OC(Cc3ccccc3)=C(c3ccccc3)C(=O)N2c2ccccc2S1. The molecule has 4 heteroatoms. The zero-order valence-electron chi connectivity index (χ0n) is 20.1. The summed E-state index contributed by atoms with van der Waals surface area (Å²) in [6, 6.07) is 38.6. The first-order valence-corrected chi connectivity index (χ1v) is 13.2. The molecular formula is C32H27NO2S. The van der Waals surface area contributed by atoms with Gasteiger partial charge in [0.1, 0.15) is 5.76 Å². The van der Waals surface area contributed by atoms with Gasteiger partial charge >= 0.3 is 0 Å². The average molecular weight is 490 g/mol. The summed E-state index contributed by atoms with van der Waals surface area (Å²) in [5.74, 6) is 0.693. The van der Waals surface area contributed by atoms with Gasteiger partial charge in [0.25, 0.3) is 5.91 Å². The Kier molecular flexibility index (Phi) is 5.90. The van der Waals surface area contributed by atoms with Gasteiger partial charge in [-0.15, -0.1) is 11.8 Å². The third kappa shape index (κ3) is 3.92. The molecule has 0 unspecified atom stereocenters. The monoisotopic (exact) mass is 489 g/mol. The number of ether oxygens (including phenoxy) is 1. The van der Waals surface area contributed by atoms with Gasteiger partial charge in [0.15, 0.2) is 0 Å². The number of nitrogens with zero attached hydrogens (tertiary/aromatic N) is 1. The fourth-order valence-corrected chi connectivity index (χ4v) is 6.50. The van der Waals surface area contributed by atoms with Gasteiger partial charge in [0.2, 0.25) is 5.72 Å². The molecule has 0 aliphatic carbocycles. The first kappa shape index (κ1) is 22.7. The van der Waals surface area contributed by atoms with E-state index in [2.05, 4.69) is 37.3 Å². The number of carbonyl (C=O) groups is 1. The number of carbonyl (C=O) groups excluding carboxylic acids is 1. The molecule has 0 fully saturated rings. The van der Waals surface area contributed by atoms with E-state index >= 15 is 0 Å². The summed E-state index contributed by atoms with van der Waals surface area (Å²) in [4.78, 5) is 17.8. The lowest BCUT2D eigenvalue weighted by molar-refractivity contribution is -0.123. The Balaban J connectivity index is 1.63. The molecule has 1 amide bonds. The number of amides is 1. The largest absolute Gasteiger partial charge is 0.466 e. The lowest BCUT2D eigenvalue weighted by atomic mass is 9.89. The van der Waals surface area contributed by atoms with Crippen LogP contribution < -0.4 is 4.90 Å². The van der Waals surface area contributed by atoms with Crippen molar-refractivity contribution in [2.24, 2.45) is 0 Å². The van der Waals surface area contributed by atoms with Crippen LogP contribution in [0.2, 0.25) is 0 Å². The van der Waals surface area contributed by atoms with E-state index in [9.17, 15) is 4.79 Å². The number of anilines is 1. The minimum Gasteiger partial charge on any atom is -0.466 e. The predicted molar refractivity (Wildman–Crippen MR) is 147 cm³/mol. The predicted octanol–water partition coefficient (Wildman–Crippen LogP) is 7.44. The zero-order valence-corrected chi connectivity index (χ0v) is 20.9. The van der Waals surface area contributed by atoms with Crippen LogP contribution in [0.3, 0.4) is 0 Å². The fourth-order valence-electron chi connectivity index (χ4n) is 5.32. The van der Waals surface area contributed by atoms with Crippen molar-refractivity contribution in [3.8, 4) is 0 Å². The molecule has 0 spiro atoms. The summed E-state index contributed by atoms with van der Waals surface area (Å²) < 4.78 is 7.18. The Morgan fingerprint density at radius 2 is 1.44 bits per heavy atom. The van der Waals surface area contributed by atoms with E-state index in [1.54, 1.807) is 11.8 Å². The van der Waals surface area contributed by atoms with Crippen molar-refractivity contribution in [3.05, 3.63) is 138 Å². The Hall–Kier alpha value is -3.76. The third-order valence-electron chi connectivity index (χ3n) is 6.84. The van der Waals surface area contributed by atoms with E-state index in [1.165, 1.54) is 0 Å². The maximum atomic E-state index is 14.7. The van der Waals surface area contributed by atoms with Gasteiger partial charge in [-0.25, -0.2) is 0 Å². The molecule has 0 saturated heterocycles. The second kappa shape index (κ2) is 9.36. The number of para-hydroxylation sites is 1. The molecule has 2 heterocycles. The van der Waals surface area contributed by atoms with Crippen LogP contribution in [0, 0.1) is 0 Å². The molecule has 0 saturated carbocycles. The van der Waals surface area contributed by atoms with E-state index in [-0.39, 0.29) is 11.2 Å². The normalized spacial score (nSPS) is 21.3. The van der Waals surface area contributed by atoms with Crippen LogP contribution in [0.5, 0.6) is 0 Å². The molecule has 0 bridgehead atoms. The number of hydrogen-bond donors (Lipinski definition) is 0. The van der Waals surface area contributed by atoms with Crippen LogP contribution >= 0.6 is 11.8 Å². The highest BCUT2D eigenvalue weighted by molar-refractivity contribution is 8.00. The summed E-state index contributed by atoms with van der Waals surface area (Å²) in [5.41, 5.74) is 3.55. The molecule has 2 atom stereocenters. The topological polar surface area (TPSA) is 29.5 Å². The number of fused-ring (bicyclic) bond motifs is 3. The lowest BCUT2D eigenvalue weighted by Crippen LogP contribution is -2.55. The van der Waals surface area contributed by atoms with Crippen molar-refractivity contribution >= 4 is 28.9 Å². The summed E-state index contributed by atoms with van der Waals surface area (Å²) in [7, 11) is 0. The summed E-state index contributed by atoms with van der Waals surface area (Å²) in [6.45, 7) is 2.22. The van der Waals surface area contributed by atoms with Gasteiger partial charge in [-0.1, -0.05) is 110 Å². The van der Waals surface area contributed by atoms with Crippen molar-refractivity contribution < 1.29 is 9.53 Å². The van der Waals surface area contributed by atoms with Crippen LogP contribution in [0.4, 0.5) is 5.69 Å². The Bertz CT molecular complexity index is 1420. The molecule has 4 aromatic carbocycles. The maximum absolute atomic E-state index is 14.7. The minimum atomic E-state index is -0.945. The third-order valence-corrected chi connectivity index (χ3v) is 8.01. The minimum absolute atomic E-state index is 0.0237. The second-order valence-electron chi connectivity index (χ2n) is 9.32. The quantitative estimate of drug-likeness (QED) is 0.298. The van der Waals surface area contributed by atoms with Crippen LogP contribution in [0.15, 0.2) is 126 Å². The molecule has 178 valence electrons.